The zero-order valence-electron chi connectivity index (χ0n) is 12.6. The fraction of sp³-hybridized carbons (Fsp3) is 0.867. The summed E-state index contributed by atoms with van der Waals surface area (Å²) in [4.78, 5) is 4.45. The molecular weight excluding hydrogens is 254 g/mol. The van der Waals surface area contributed by atoms with Crippen molar-refractivity contribution < 1.29 is 9.63 Å². The van der Waals surface area contributed by atoms with Crippen molar-refractivity contribution in [2.24, 2.45) is 0 Å². The second-order valence-corrected chi connectivity index (χ2v) is 5.74. The van der Waals surface area contributed by atoms with Crippen molar-refractivity contribution in [1.82, 2.24) is 15.5 Å². The quantitative estimate of drug-likeness (QED) is 0.803. The second kappa shape index (κ2) is 7.74. The van der Waals surface area contributed by atoms with E-state index < -0.39 is 0 Å². The van der Waals surface area contributed by atoms with Gasteiger partial charge in [-0.1, -0.05) is 19.0 Å². The molecule has 2 N–H and O–H groups in total. The van der Waals surface area contributed by atoms with Gasteiger partial charge in [0.15, 0.2) is 5.82 Å². The van der Waals surface area contributed by atoms with Gasteiger partial charge in [-0.05, 0) is 38.5 Å². The normalized spacial score (nSPS) is 24.8. The molecule has 1 unspecified atom stereocenters. The highest BCUT2D eigenvalue weighted by molar-refractivity contribution is 4.97. The van der Waals surface area contributed by atoms with E-state index in [1.54, 1.807) is 0 Å². The predicted molar refractivity (Wildman–Crippen MR) is 77.6 cm³/mol. The number of aryl methyl sites for hydroxylation is 1. The first-order chi connectivity index (χ1) is 9.76. The zero-order valence-corrected chi connectivity index (χ0v) is 12.6. The average Bonchev–Trinajstić information content (AvgIpc) is 2.96. The molecule has 0 bridgehead atoms. The molecule has 0 radical (unpaired) electrons. The Bertz CT molecular complexity index is 386. The lowest BCUT2D eigenvalue weighted by molar-refractivity contribution is 0.233. The number of hydrogen-bond donors (Lipinski definition) is 2. The third-order valence-corrected chi connectivity index (χ3v) is 4.32. The van der Waals surface area contributed by atoms with Crippen molar-refractivity contribution in [3.05, 3.63) is 11.7 Å². The van der Waals surface area contributed by atoms with Crippen LogP contribution in [0.2, 0.25) is 0 Å². The third-order valence-electron chi connectivity index (χ3n) is 4.32. The first-order valence-electron chi connectivity index (χ1n) is 7.96. The van der Waals surface area contributed by atoms with E-state index in [0.717, 1.165) is 56.7 Å². The minimum atomic E-state index is 0.266. The molecular formula is C15H27N3O2. The number of aliphatic hydroxyl groups is 1. The Kier molecular flexibility index (Phi) is 5.98. The molecule has 5 heteroatoms. The Balaban J connectivity index is 1.79. The van der Waals surface area contributed by atoms with Gasteiger partial charge in [-0.2, -0.15) is 4.98 Å². The maximum Gasteiger partial charge on any atom is 0.229 e. The molecule has 114 valence electrons. The SMILES string of the molecule is CCc1noc(C2CCC(NC(CC)CCO)CC2)n1. The van der Waals surface area contributed by atoms with Crippen LogP contribution in [-0.2, 0) is 6.42 Å². The lowest BCUT2D eigenvalue weighted by Crippen LogP contribution is -2.40. The van der Waals surface area contributed by atoms with Gasteiger partial charge in [0.05, 0.1) is 0 Å². The monoisotopic (exact) mass is 281 g/mol. The van der Waals surface area contributed by atoms with Gasteiger partial charge in [0.25, 0.3) is 0 Å². The Hall–Kier alpha value is -0.940. The highest BCUT2D eigenvalue weighted by Crippen LogP contribution is 2.32. The molecule has 1 aliphatic carbocycles. The van der Waals surface area contributed by atoms with Gasteiger partial charge in [-0.3, -0.25) is 0 Å². The first-order valence-corrected chi connectivity index (χ1v) is 7.96. The van der Waals surface area contributed by atoms with E-state index in [9.17, 15) is 0 Å². The van der Waals surface area contributed by atoms with Crippen molar-refractivity contribution in [2.75, 3.05) is 6.61 Å². The van der Waals surface area contributed by atoms with Gasteiger partial charge in [0.1, 0.15) is 0 Å². The van der Waals surface area contributed by atoms with Gasteiger partial charge in [-0.25, -0.2) is 0 Å². The number of rotatable bonds is 7. The number of nitrogens with zero attached hydrogens (tertiary/aromatic N) is 2. The van der Waals surface area contributed by atoms with Crippen molar-refractivity contribution in [3.8, 4) is 0 Å². The van der Waals surface area contributed by atoms with Crippen LogP contribution in [0, 0.1) is 0 Å². The van der Waals surface area contributed by atoms with E-state index in [1.165, 1.54) is 0 Å². The summed E-state index contributed by atoms with van der Waals surface area (Å²) >= 11 is 0. The summed E-state index contributed by atoms with van der Waals surface area (Å²) in [5.41, 5.74) is 0. The second-order valence-electron chi connectivity index (χ2n) is 5.74. The zero-order chi connectivity index (χ0) is 14.4. The van der Waals surface area contributed by atoms with Crippen LogP contribution >= 0.6 is 0 Å². The van der Waals surface area contributed by atoms with Gasteiger partial charge in [0, 0.05) is 31.0 Å². The molecule has 5 nitrogen and oxygen atoms in total. The minimum Gasteiger partial charge on any atom is -0.396 e. The Morgan fingerprint density at radius 3 is 2.60 bits per heavy atom. The Morgan fingerprint density at radius 2 is 2.05 bits per heavy atom. The van der Waals surface area contributed by atoms with E-state index in [2.05, 4.69) is 22.4 Å². The molecule has 1 fully saturated rings. The highest BCUT2D eigenvalue weighted by Gasteiger charge is 2.27. The van der Waals surface area contributed by atoms with Crippen LogP contribution in [0.5, 0.6) is 0 Å². The van der Waals surface area contributed by atoms with E-state index in [1.807, 2.05) is 6.92 Å². The highest BCUT2D eigenvalue weighted by atomic mass is 16.5. The topological polar surface area (TPSA) is 71.2 Å². The maximum atomic E-state index is 9.05. The number of aliphatic hydroxyl groups excluding tert-OH is 1. The van der Waals surface area contributed by atoms with E-state index in [4.69, 9.17) is 9.63 Å². The molecule has 0 aromatic carbocycles. The number of hydrogen-bond acceptors (Lipinski definition) is 5. The first kappa shape index (κ1) is 15.4. The minimum absolute atomic E-state index is 0.266. The summed E-state index contributed by atoms with van der Waals surface area (Å²) in [7, 11) is 0. The largest absolute Gasteiger partial charge is 0.396 e. The molecule has 20 heavy (non-hydrogen) atoms. The van der Waals surface area contributed by atoms with Crippen LogP contribution in [0.4, 0.5) is 0 Å². The van der Waals surface area contributed by atoms with Gasteiger partial charge in [-0.15, -0.1) is 0 Å². The molecule has 2 rings (SSSR count). The Morgan fingerprint density at radius 1 is 1.30 bits per heavy atom. The van der Waals surface area contributed by atoms with Crippen LogP contribution in [0.1, 0.15) is 70.0 Å². The Labute approximate surface area is 121 Å². The molecule has 1 saturated carbocycles. The standard InChI is InChI=1S/C15H27N3O2/c1-3-12(9-10-19)16-13-7-5-11(6-8-13)15-17-14(4-2)18-20-15/h11-13,16,19H,3-10H2,1-2H3. The molecule has 1 aliphatic rings. The molecule has 1 aromatic heterocycles. The van der Waals surface area contributed by atoms with Gasteiger partial charge in [0.2, 0.25) is 5.89 Å². The smallest absolute Gasteiger partial charge is 0.229 e. The summed E-state index contributed by atoms with van der Waals surface area (Å²) in [5, 5.41) is 16.7. The van der Waals surface area contributed by atoms with Crippen LogP contribution in [-0.4, -0.2) is 33.9 Å². The molecule has 0 aliphatic heterocycles. The van der Waals surface area contributed by atoms with Crippen molar-refractivity contribution in [2.45, 2.75) is 76.8 Å². The van der Waals surface area contributed by atoms with E-state index in [-0.39, 0.29) is 6.61 Å². The van der Waals surface area contributed by atoms with Crippen LogP contribution in [0.3, 0.4) is 0 Å². The van der Waals surface area contributed by atoms with Crippen LogP contribution < -0.4 is 5.32 Å². The average molecular weight is 281 g/mol. The molecule has 1 heterocycles. The fourth-order valence-corrected chi connectivity index (χ4v) is 2.98. The molecule has 1 aromatic rings. The molecule has 0 spiro atoms. The number of nitrogens with one attached hydrogen (secondary N) is 1. The lowest BCUT2D eigenvalue weighted by Gasteiger charge is -2.30. The van der Waals surface area contributed by atoms with Gasteiger partial charge < -0.3 is 14.9 Å². The molecule has 0 amide bonds. The van der Waals surface area contributed by atoms with Crippen LogP contribution in [0.25, 0.3) is 0 Å². The van der Waals surface area contributed by atoms with Crippen molar-refractivity contribution >= 4 is 0 Å². The fourth-order valence-electron chi connectivity index (χ4n) is 2.98. The molecule has 0 saturated heterocycles. The maximum absolute atomic E-state index is 9.05. The van der Waals surface area contributed by atoms with Crippen molar-refractivity contribution in [1.29, 1.82) is 0 Å². The molecule has 1 atom stereocenters. The summed E-state index contributed by atoms with van der Waals surface area (Å²) in [6.45, 7) is 4.48. The summed E-state index contributed by atoms with van der Waals surface area (Å²) < 4.78 is 5.36. The van der Waals surface area contributed by atoms with Crippen LogP contribution in [0.15, 0.2) is 4.52 Å². The van der Waals surface area contributed by atoms with Crippen molar-refractivity contribution in [3.63, 3.8) is 0 Å². The summed E-state index contributed by atoms with van der Waals surface area (Å²) in [5.74, 6) is 2.07. The van der Waals surface area contributed by atoms with Gasteiger partial charge >= 0.3 is 0 Å². The van der Waals surface area contributed by atoms with E-state index >= 15 is 0 Å². The summed E-state index contributed by atoms with van der Waals surface area (Å²) in [6, 6.07) is 1.01. The number of aromatic nitrogens is 2. The third kappa shape index (κ3) is 4.03. The van der Waals surface area contributed by atoms with E-state index in [0.29, 0.717) is 18.0 Å². The summed E-state index contributed by atoms with van der Waals surface area (Å²) in [6.07, 6.45) is 7.27. The lowest BCUT2D eigenvalue weighted by atomic mass is 9.85. The predicted octanol–water partition coefficient (Wildman–Crippen LogP) is 2.41.